The highest BCUT2D eigenvalue weighted by molar-refractivity contribution is 7.47. The first kappa shape index (κ1) is 24.4. The van der Waals surface area contributed by atoms with Crippen LogP contribution in [-0.2, 0) is 18.3 Å². The van der Waals surface area contributed by atoms with Crippen molar-refractivity contribution >= 4 is 13.9 Å². The molecule has 0 aromatic carbocycles. The van der Waals surface area contributed by atoms with Gasteiger partial charge in [0.15, 0.2) is 0 Å². The van der Waals surface area contributed by atoms with Gasteiger partial charge in [-0.15, -0.1) is 0 Å². The Bertz CT molecular complexity index is 434. The molecule has 2 N–H and O–H groups in total. The zero-order chi connectivity index (χ0) is 19.8. The molecule has 1 rings (SSSR count). The number of ether oxygens (including phenoxy) is 1. The molecule has 2 atom stereocenters. The van der Waals surface area contributed by atoms with Crippen molar-refractivity contribution in [2.75, 3.05) is 19.8 Å². The molecule has 0 radical (unpaired) electrons. The number of rotatable bonds is 16. The molecule has 0 aliphatic carbocycles. The van der Waals surface area contributed by atoms with Crippen LogP contribution in [0.1, 0.15) is 90.4 Å². The maximum Gasteiger partial charge on any atom is 0.472 e. The highest BCUT2D eigenvalue weighted by atomic mass is 31.2. The predicted molar refractivity (Wildman–Crippen MR) is 106 cm³/mol. The lowest BCUT2D eigenvalue weighted by atomic mass is 10.0. The Hall–Kier alpha value is -0.620. The standard InChI is InChI=1S/C19H38NO6P/c1-2-3-4-5-6-7-8-9-10-11-12-13-14-15-20-19(21)24-16-18-17-25-27(22,23)26-18/h18H,2-17H2,1H3,(H,20,21)(H,22,23). The number of alkyl carbamates (subject to hydrolysis) is 1. The Labute approximate surface area is 164 Å². The molecule has 27 heavy (non-hydrogen) atoms. The molecule has 1 aliphatic rings. The minimum atomic E-state index is -3.92. The average Bonchev–Trinajstić information content (AvgIpc) is 2.99. The fourth-order valence-electron chi connectivity index (χ4n) is 3.06. The number of amides is 1. The molecule has 0 bridgehead atoms. The van der Waals surface area contributed by atoms with Crippen LogP contribution in [-0.4, -0.2) is 36.8 Å². The van der Waals surface area contributed by atoms with E-state index in [0.717, 1.165) is 12.8 Å². The van der Waals surface area contributed by atoms with Crippen LogP contribution in [0.15, 0.2) is 0 Å². The van der Waals surface area contributed by atoms with E-state index in [1.54, 1.807) is 0 Å². The maximum absolute atomic E-state index is 11.5. The van der Waals surface area contributed by atoms with Gasteiger partial charge in [0.05, 0.1) is 6.61 Å². The van der Waals surface area contributed by atoms with Crippen LogP contribution in [0.4, 0.5) is 4.79 Å². The monoisotopic (exact) mass is 407 g/mol. The van der Waals surface area contributed by atoms with E-state index in [9.17, 15) is 9.36 Å². The summed E-state index contributed by atoms with van der Waals surface area (Å²) in [4.78, 5) is 20.5. The summed E-state index contributed by atoms with van der Waals surface area (Å²) in [7, 11) is -3.92. The molecule has 1 heterocycles. The Morgan fingerprint density at radius 2 is 1.52 bits per heavy atom. The molecule has 0 saturated carbocycles. The van der Waals surface area contributed by atoms with Gasteiger partial charge in [-0.1, -0.05) is 84.0 Å². The summed E-state index contributed by atoms with van der Waals surface area (Å²) in [6, 6.07) is 0. The van der Waals surface area contributed by atoms with Gasteiger partial charge in [0.25, 0.3) is 0 Å². The van der Waals surface area contributed by atoms with E-state index in [2.05, 4.69) is 16.8 Å². The number of carbonyl (C=O) groups excluding carboxylic acids is 1. The van der Waals surface area contributed by atoms with Gasteiger partial charge in [-0.2, -0.15) is 0 Å². The lowest BCUT2D eigenvalue weighted by molar-refractivity contribution is 0.0891. The smallest absolute Gasteiger partial charge is 0.447 e. The fourth-order valence-corrected chi connectivity index (χ4v) is 3.97. The Kier molecular flexibility index (Phi) is 13.9. The van der Waals surface area contributed by atoms with Gasteiger partial charge >= 0.3 is 13.9 Å². The molecule has 0 aromatic rings. The lowest BCUT2D eigenvalue weighted by Crippen LogP contribution is -2.29. The number of carbonyl (C=O) groups is 1. The summed E-state index contributed by atoms with van der Waals surface area (Å²) < 4.78 is 25.2. The largest absolute Gasteiger partial charge is 0.472 e. The van der Waals surface area contributed by atoms with Crippen LogP contribution in [0.2, 0.25) is 0 Å². The third-order valence-electron chi connectivity index (χ3n) is 4.66. The topological polar surface area (TPSA) is 94.1 Å². The minimum Gasteiger partial charge on any atom is -0.447 e. The van der Waals surface area contributed by atoms with Gasteiger partial charge in [0, 0.05) is 6.54 Å². The van der Waals surface area contributed by atoms with Crippen molar-refractivity contribution in [1.82, 2.24) is 5.32 Å². The molecule has 160 valence electrons. The van der Waals surface area contributed by atoms with Crippen molar-refractivity contribution in [3.05, 3.63) is 0 Å². The zero-order valence-electron chi connectivity index (χ0n) is 16.8. The number of phosphoric acid groups is 1. The van der Waals surface area contributed by atoms with Crippen molar-refractivity contribution in [3.8, 4) is 0 Å². The summed E-state index contributed by atoms with van der Waals surface area (Å²) in [5, 5.41) is 2.68. The van der Waals surface area contributed by atoms with E-state index in [4.69, 9.17) is 14.2 Å². The minimum absolute atomic E-state index is 0.0418. The second-order valence-electron chi connectivity index (χ2n) is 7.26. The predicted octanol–water partition coefficient (Wildman–Crippen LogP) is 5.32. The normalized spacial score (nSPS) is 22.1. The number of hydrogen-bond donors (Lipinski definition) is 2. The molecule has 8 heteroatoms. The van der Waals surface area contributed by atoms with Crippen molar-refractivity contribution < 1.29 is 28.0 Å². The van der Waals surface area contributed by atoms with Crippen molar-refractivity contribution in [2.45, 2.75) is 96.5 Å². The molecule has 0 spiro atoms. The van der Waals surface area contributed by atoms with Crippen LogP contribution >= 0.6 is 7.82 Å². The van der Waals surface area contributed by atoms with Crippen LogP contribution in [0.5, 0.6) is 0 Å². The highest BCUT2D eigenvalue weighted by Crippen LogP contribution is 2.49. The van der Waals surface area contributed by atoms with E-state index in [0.29, 0.717) is 6.54 Å². The highest BCUT2D eigenvalue weighted by Gasteiger charge is 2.35. The van der Waals surface area contributed by atoms with Crippen LogP contribution in [0.3, 0.4) is 0 Å². The molecule has 1 aliphatic heterocycles. The van der Waals surface area contributed by atoms with Gasteiger partial charge in [-0.3, -0.25) is 9.05 Å². The Balaban J connectivity index is 1.78. The summed E-state index contributed by atoms with van der Waals surface area (Å²) in [5.74, 6) is 0. The van der Waals surface area contributed by atoms with Crippen LogP contribution in [0, 0.1) is 0 Å². The maximum atomic E-state index is 11.5. The van der Waals surface area contributed by atoms with Crippen LogP contribution < -0.4 is 5.32 Å². The van der Waals surface area contributed by atoms with Gasteiger partial charge in [0.2, 0.25) is 0 Å². The van der Waals surface area contributed by atoms with Gasteiger partial charge in [-0.25, -0.2) is 9.36 Å². The lowest BCUT2D eigenvalue weighted by Gasteiger charge is -2.09. The molecule has 1 fully saturated rings. The summed E-state index contributed by atoms with van der Waals surface area (Å²) in [6.45, 7) is 2.70. The molecule has 0 aromatic heterocycles. The molecule has 2 unspecified atom stereocenters. The summed E-state index contributed by atoms with van der Waals surface area (Å²) >= 11 is 0. The molecular formula is C19H38NO6P. The second kappa shape index (κ2) is 15.3. The van der Waals surface area contributed by atoms with Gasteiger partial charge in [-0.05, 0) is 6.42 Å². The fraction of sp³-hybridized carbons (Fsp3) is 0.947. The first-order chi connectivity index (χ1) is 13.0. The first-order valence-corrected chi connectivity index (χ1v) is 12.1. The second-order valence-corrected chi connectivity index (χ2v) is 8.67. The third kappa shape index (κ3) is 14.1. The first-order valence-electron chi connectivity index (χ1n) is 10.6. The number of hydrogen-bond acceptors (Lipinski definition) is 5. The molecular weight excluding hydrogens is 369 g/mol. The van der Waals surface area contributed by atoms with Crippen molar-refractivity contribution in [1.29, 1.82) is 0 Å². The quantitative estimate of drug-likeness (QED) is 0.266. The molecule has 7 nitrogen and oxygen atoms in total. The summed E-state index contributed by atoms with van der Waals surface area (Å²) in [5.41, 5.74) is 0. The van der Waals surface area contributed by atoms with Gasteiger partial charge < -0.3 is 14.9 Å². The van der Waals surface area contributed by atoms with E-state index in [1.165, 1.54) is 70.6 Å². The van der Waals surface area contributed by atoms with Crippen LogP contribution in [0.25, 0.3) is 0 Å². The SMILES string of the molecule is CCCCCCCCCCCCCCCNC(=O)OCC1COP(=O)(O)O1. The number of nitrogens with one attached hydrogen (secondary N) is 1. The van der Waals surface area contributed by atoms with Crippen molar-refractivity contribution in [2.24, 2.45) is 0 Å². The number of unbranched alkanes of at least 4 members (excludes halogenated alkanes) is 12. The Morgan fingerprint density at radius 3 is 2.00 bits per heavy atom. The summed E-state index contributed by atoms with van der Waals surface area (Å²) in [6.07, 6.45) is 15.6. The van der Waals surface area contributed by atoms with Gasteiger partial charge in [0.1, 0.15) is 12.7 Å². The van der Waals surface area contributed by atoms with Crippen molar-refractivity contribution in [3.63, 3.8) is 0 Å². The average molecular weight is 407 g/mol. The van der Waals surface area contributed by atoms with E-state index in [1.807, 2.05) is 0 Å². The van der Waals surface area contributed by atoms with E-state index >= 15 is 0 Å². The van der Waals surface area contributed by atoms with E-state index in [-0.39, 0.29) is 13.2 Å². The molecule has 1 amide bonds. The molecule has 1 saturated heterocycles. The van der Waals surface area contributed by atoms with E-state index < -0.39 is 20.0 Å². The zero-order valence-corrected chi connectivity index (χ0v) is 17.7. The Morgan fingerprint density at radius 1 is 1.00 bits per heavy atom. The number of phosphoric ester groups is 1. The third-order valence-corrected chi connectivity index (χ3v) is 5.70.